The van der Waals surface area contributed by atoms with E-state index in [2.05, 4.69) is 14.9 Å². The van der Waals surface area contributed by atoms with E-state index in [0.29, 0.717) is 6.61 Å². The normalized spacial score (nSPS) is 23.2. The van der Waals surface area contributed by atoms with Crippen molar-refractivity contribution in [2.45, 2.75) is 31.8 Å². The molecule has 3 rings (SSSR count). The largest absolute Gasteiger partial charge is 0.463 e. The summed E-state index contributed by atoms with van der Waals surface area (Å²) >= 11 is 0. The average Bonchev–Trinajstić information content (AvgIpc) is 3.07. The predicted molar refractivity (Wildman–Crippen MR) is 76.9 cm³/mol. The molecule has 0 radical (unpaired) electrons. The molecule has 0 bridgehead atoms. The van der Waals surface area contributed by atoms with E-state index in [1.165, 1.54) is 0 Å². The fourth-order valence-electron chi connectivity index (χ4n) is 2.87. The van der Waals surface area contributed by atoms with E-state index in [9.17, 15) is 4.79 Å². The number of nitrogens with zero attached hydrogens (tertiary/aromatic N) is 3. The second-order valence-electron chi connectivity index (χ2n) is 5.59. The van der Waals surface area contributed by atoms with Gasteiger partial charge >= 0.3 is 5.97 Å². The summed E-state index contributed by atoms with van der Waals surface area (Å²) < 4.78 is 10.9. The van der Waals surface area contributed by atoms with E-state index in [4.69, 9.17) is 9.47 Å². The molecule has 3 heterocycles. The molecule has 1 atom stereocenters. The van der Waals surface area contributed by atoms with Crippen LogP contribution in [0.3, 0.4) is 0 Å². The molecule has 0 amide bonds. The minimum atomic E-state index is -0.0794. The predicted octanol–water partition coefficient (Wildman–Crippen LogP) is 1.42. The van der Waals surface area contributed by atoms with Gasteiger partial charge in [0.25, 0.3) is 0 Å². The highest BCUT2D eigenvalue weighted by molar-refractivity contribution is 5.72. The summed E-state index contributed by atoms with van der Waals surface area (Å²) in [5.74, 6) is 0.798. The smallest absolute Gasteiger partial charge is 0.309 e. The fraction of sp³-hybridized carbons (Fsp3) is 0.667. The van der Waals surface area contributed by atoms with Gasteiger partial charge in [-0.15, -0.1) is 0 Å². The molecule has 6 heteroatoms. The summed E-state index contributed by atoms with van der Waals surface area (Å²) in [6, 6.07) is 0. The van der Waals surface area contributed by atoms with Gasteiger partial charge in [0.15, 0.2) is 0 Å². The Labute approximate surface area is 124 Å². The number of anilines is 1. The van der Waals surface area contributed by atoms with Gasteiger partial charge in [0.1, 0.15) is 12.4 Å². The molecule has 2 aliphatic heterocycles. The zero-order chi connectivity index (χ0) is 14.5. The van der Waals surface area contributed by atoms with E-state index in [1.54, 1.807) is 18.6 Å². The van der Waals surface area contributed by atoms with Crippen LogP contribution in [0.4, 0.5) is 5.82 Å². The minimum Gasteiger partial charge on any atom is -0.463 e. The van der Waals surface area contributed by atoms with Crippen LogP contribution in [0.15, 0.2) is 18.6 Å². The van der Waals surface area contributed by atoms with Gasteiger partial charge in [-0.25, -0.2) is 4.98 Å². The summed E-state index contributed by atoms with van der Waals surface area (Å²) in [5, 5.41) is 0. The molecule has 6 nitrogen and oxygen atoms in total. The van der Waals surface area contributed by atoms with Gasteiger partial charge in [-0.05, 0) is 25.7 Å². The van der Waals surface area contributed by atoms with Gasteiger partial charge < -0.3 is 14.4 Å². The van der Waals surface area contributed by atoms with Crippen LogP contribution in [-0.4, -0.2) is 48.3 Å². The van der Waals surface area contributed by atoms with Gasteiger partial charge in [-0.1, -0.05) is 0 Å². The lowest BCUT2D eigenvalue weighted by molar-refractivity contribution is -0.152. The van der Waals surface area contributed by atoms with Gasteiger partial charge in [0.05, 0.1) is 18.2 Å². The molecule has 21 heavy (non-hydrogen) atoms. The third kappa shape index (κ3) is 3.69. The number of rotatable bonds is 4. The molecule has 2 aliphatic rings. The Morgan fingerprint density at radius 1 is 1.33 bits per heavy atom. The van der Waals surface area contributed by atoms with E-state index in [1.807, 2.05) is 0 Å². The first-order valence-electron chi connectivity index (χ1n) is 7.62. The molecule has 0 spiro atoms. The molecule has 0 aromatic carbocycles. The molecule has 2 saturated heterocycles. The maximum Gasteiger partial charge on any atom is 0.309 e. The Hall–Kier alpha value is -1.69. The summed E-state index contributed by atoms with van der Waals surface area (Å²) in [7, 11) is 0. The van der Waals surface area contributed by atoms with Crippen molar-refractivity contribution < 1.29 is 14.3 Å². The molecule has 1 unspecified atom stereocenters. The Bertz CT molecular complexity index is 454. The third-order valence-electron chi connectivity index (χ3n) is 4.14. The summed E-state index contributed by atoms with van der Waals surface area (Å²) in [4.78, 5) is 22.6. The zero-order valence-corrected chi connectivity index (χ0v) is 12.1. The van der Waals surface area contributed by atoms with Gasteiger partial charge in [-0.3, -0.25) is 9.78 Å². The van der Waals surface area contributed by atoms with Crippen molar-refractivity contribution in [1.82, 2.24) is 9.97 Å². The van der Waals surface area contributed by atoms with Crippen LogP contribution in [0.5, 0.6) is 0 Å². The lowest BCUT2D eigenvalue weighted by Crippen LogP contribution is -2.37. The third-order valence-corrected chi connectivity index (χ3v) is 4.14. The first-order chi connectivity index (χ1) is 10.3. The lowest BCUT2D eigenvalue weighted by atomic mass is 9.97. The van der Waals surface area contributed by atoms with Crippen LogP contribution in [0.2, 0.25) is 0 Å². The average molecular weight is 291 g/mol. The fourth-order valence-corrected chi connectivity index (χ4v) is 2.87. The van der Waals surface area contributed by atoms with E-state index in [-0.39, 0.29) is 18.0 Å². The molecule has 0 aliphatic carbocycles. The molecule has 1 aromatic rings. The van der Waals surface area contributed by atoms with E-state index >= 15 is 0 Å². The standard InChI is InChI=1S/C15H21N3O3/c19-15(21-11-13-2-1-9-20-13)12-3-7-18(8-4-12)14-10-16-5-6-17-14/h5-6,10,12-13H,1-4,7-9,11H2. The van der Waals surface area contributed by atoms with Crippen molar-refractivity contribution in [3.05, 3.63) is 18.6 Å². The second kappa shape index (κ2) is 6.85. The maximum absolute atomic E-state index is 12.1. The number of carbonyl (C=O) groups is 1. The molecule has 2 fully saturated rings. The van der Waals surface area contributed by atoms with E-state index in [0.717, 1.165) is 51.2 Å². The number of ether oxygens (including phenoxy) is 2. The molecule has 114 valence electrons. The topological polar surface area (TPSA) is 64.6 Å². The SMILES string of the molecule is O=C(OCC1CCCO1)C1CCN(c2cnccn2)CC1. The molecular weight excluding hydrogens is 270 g/mol. The number of piperidine rings is 1. The first-order valence-corrected chi connectivity index (χ1v) is 7.62. The highest BCUT2D eigenvalue weighted by Crippen LogP contribution is 2.22. The lowest BCUT2D eigenvalue weighted by Gasteiger charge is -2.31. The monoisotopic (exact) mass is 291 g/mol. The van der Waals surface area contributed by atoms with Crippen LogP contribution >= 0.6 is 0 Å². The quantitative estimate of drug-likeness (QED) is 0.782. The van der Waals surface area contributed by atoms with Crippen LogP contribution in [-0.2, 0) is 14.3 Å². The number of hydrogen-bond donors (Lipinski definition) is 0. The zero-order valence-electron chi connectivity index (χ0n) is 12.1. The highest BCUT2D eigenvalue weighted by Gasteiger charge is 2.28. The Morgan fingerprint density at radius 2 is 2.19 bits per heavy atom. The van der Waals surface area contributed by atoms with Gasteiger partial charge in [0, 0.05) is 32.1 Å². The number of esters is 1. The first kappa shape index (κ1) is 14.3. The van der Waals surface area contributed by atoms with Crippen molar-refractivity contribution in [3.8, 4) is 0 Å². The molecule has 1 aromatic heterocycles. The van der Waals surface area contributed by atoms with Crippen LogP contribution < -0.4 is 4.90 Å². The number of aromatic nitrogens is 2. The summed E-state index contributed by atoms with van der Waals surface area (Å²) in [6.45, 7) is 2.83. The summed E-state index contributed by atoms with van der Waals surface area (Å²) in [6.07, 6.45) is 8.90. The van der Waals surface area contributed by atoms with Crippen LogP contribution in [0, 0.1) is 5.92 Å². The van der Waals surface area contributed by atoms with Crippen molar-refractivity contribution in [1.29, 1.82) is 0 Å². The molecular formula is C15H21N3O3. The Balaban J connectivity index is 1.43. The van der Waals surface area contributed by atoms with E-state index < -0.39 is 0 Å². The number of hydrogen-bond acceptors (Lipinski definition) is 6. The second-order valence-corrected chi connectivity index (χ2v) is 5.59. The highest BCUT2D eigenvalue weighted by atomic mass is 16.6. The van der Waals surface area contributed by atoms with Crippen LogP contribution in [0.25, 0.3) is 0 Å². The molecule has 0 N–H and O–H groups in total. The Morgan fingerprint density at radius 3 is 2.86 bits per heavy atom. The van der Waals surface area contributed by atoms with Crippen molar-refractivity contribution >= 4 is 11.8 Å². The summed E-state index contributed by atoms with van der Waals surface area (Å²) in [5.41, 5.74) is 0. The maximum atomic E-state index is 12.1. The van der Waals surface area contributed by atoms with Crippen molar-refractivity contribution in [2.24, 2.45) is 5.92 Å². The van der Waals surface area contributed by atoms with Crippen LogP contribution in [0.1, 0.15) is 25.7 Å². The molecule has 0 saturated carbocycles. The Kier molecular flexibility index (Phi) is 4.65. The van der Waals surface area contributed by atoms with Crippen molar-refractivity contribution in [2.75, 3.05) is 31.2 Å². The van der Waals surface area contributed by atoms with Gasteiger partial charge in [0.2, 0.25) is 0 Å². The number of carbonyl (C=O) groups excluding carboxylic acids is 1. The minimum absolute atomic E-state index is 0.000625. The van der Waals surface area contributed by atoms with Crippen molar-refractivity contribution in [3.63, 3.8) is 0 Å². The van der Waals surface area contributed by atoms with Gasteiger partial charge in [-0.2, -0.15) is 0 Å².